The molecule has 2 atom stereocenters. The first-order valence-corrected chi connectivity index (χ1v) is 8.71. The highest BCUT2D eigenvalue weighted by Crippen LogP contribution is 2.17. The topological polar surface area (TPSA) is 45.7 Å². The molecule has 0 radical (unpaired) electrons. The third kappa shape index (κ3) is 5.18. The van der Waals surface area contributed by atoms with Crippen molar-refractivity contribution >= 4 is 17.7 Å². The number of benzene rings is 1. The SMILES string of the molecule is CN=C(NCC(OC)c1ccc(F)cc1)NC1CCCSC1. The minimum atomic E-state index is -0.237. The molecule has 2 N–H and O–H groups in total. The highest BCUT2D eigenvalue weighted by Gasteiger charge is 2.16. The Labute approximate surface area is 135 Å². The molecule has 1 aliphatic heterocycles. The van der Waals surface area contributed by atoms with Crippen molar-refractivity contribution in [3.05, 3.63) is 35.6 Å². The zero-order chi connectivity index (χ0) is 15.8. The quantitative estimate of drug-likeness (QED) is 0.645. The predicted octanol–water partition coefficient (Wildman–Crippen LogP) is 2.57. The van der Waals surface area contributed by atoms with Crippen LogP contribution in [0.15, 0.2) is 29.3 Å². The molecule has 0 aliphatic carbocycles. The van der Waals surface area contributed by atoms with E-state index in [-0.39, 0.29) is 11.9 Å². The molecular formula is C16H24FN3OS. The van der Waals surface area contributed by atoms with Gasteiger partial charge in [0.2, 0.25) is 0 Å². The van der Waals surface area contributed by atoms with E-state index >= 15 is 0 Å². The number of aliphatic imine (C=N–C) groups is 1. The number of hydrogen-bond acceptors (Lipinski definition) is 3. The normalized spacial score (nSPS) is 20.5. The van der Waals surface area contributed by atoms with Crippen LogP contribution >= 0.6 is 11.8 Å². The maximum atomic E-state index is 13.0. The van der Waals surface area contributed by atoms with Crippen molar-refractivity contribution in [1.82, 2.24) is 10.6 Å². The van der Waals surface area contributed by atoms with Crippen LogP contribution in [-0.4, -0.2) is 44.2 Å². The van der Waals surface area contributed by atoms with Gasteiger partial charge in [0.05, 0.1) is 6.10 Å². The number of hydrogen-bond donors (Lipinski definition) is 2. The van der Waals surface area contributed by atoms with E-state index in [1.807, 2.05) is 11.8 Å². The molecule has 1 aliphatic rings. The molecule has 6 heteroatoms. The van der Waals surface area contributed by atoms with E-state index in [0.29, 0.717) is 12.6 Å². The van der Waals surface area contributed by atoms with Gasteiger partial charge in [-0.05, 0) is 36.3 Å². The summed E-state index contributed by atoms with van der Waals surface area (Å²) < 4.78 is 18.5. The second-order valence-corrected chi connectivity index (χ2v) is 6.44. The van der Waals surface area contributed by atoms with Gasteiger partial charge in [0.25, 0.3) is 0 Å². The fourth-order valence-electron chi connectivity index (χ4n) is 2.45. The van der Waals surface area contributed by atoms with Crippen molar-refractivity contribution in [2.75, 3.05) is 32.2 Å². The largest absolute Gasteiger partial charge is 0.375 e. The van der Waals surface area contributed by atoms with E-state index in [9.17, 15) is 4.39 Å². The van der Waals surface area contributed by atoms with E-state index in [1.54, 1.807) is 26.3 Å². The van der Waals surface area contributed by atoms with Crippen LogP contribution in [-0.2, 0) is 4.74 Å². The van der Waals surface area contributed by atoms with Gasteiger partial charge in [-0.3, -0.25) is 4.99 Å². The summed E-state index contributed by atoms with van der Waals surface area (Å²) in [6.45, 7) is 0.585. The van der Waals surface area contributed by atoms with Crippen molar-refractivity contribution < 1.29 is 9.13 Å². The first-order chi connectivity index (χ1) is 10.7. The molecule has 1 aromatic carbocycles. The van der Waals surface area contributed by atoms with E-state index in [2.05, 4.69) is 15.6 Å². The summed E-state index contributed by atoms with van der Waals surface area (Å²) in [7, 11) is 3.43. The van der Waals surface area contributed by atoms with E-state index in [4.69, 9.17) is 4.74 Å². The lowest BCUT2D eigenvalue weighted by Gasteiger charge is -2.25. The molecule has 0 bridgehead atoms. The first-order valence-electron chi connectivity index (χ1n) is 7.56. The highest BCUT2D eigenvalue weighted by molar-refractivity contribution is 7.99. The van der Waals surface area contributed by atoms with Gasteiger partial charge < -0.3 is 15.4 Å². The van der Waals surface area contributed by atoms with Crippen LogP contribution in [0, 0.1) is 5.82 Å². The minimum Gasteiger partial charge on any atom is -0.375 e. The molecule has 0 amide bonds. The average Bonchev–Trinajstić information content (AvgIpc) is 2.56. The van der Waals surface area contributed by atoms with Crippen molar-refractivity contribution in [3.63, 3.8) is 0 Å². The molecule has 1 heterocycles. The zero-order valence-corrected chi connectivity index (χ0v) is 14.0. The number of methoxy groups -OCH3 is 1. The monoisotopic (exact) mass is 325 g/mol. The highest BCUT2D eigenvalue weighted by atomic mass is 32.2. The molecule has 22 heavy (non-hydrogen) atoms. The smallest absolute Gasteiger partial charge is 0.191 e. The summed E-state index contributed by atoms with van der Waals surface area (Å²) in [5.41, 5.74) is 0.945. The summed E-state index contributed by atoms with van der Waals surface area (Å²) in [5.74, 6) is 2.92. The Hall–Kier alpha value is -1.27. The molecule has 122 valence electrons. The van der Waals surface area contributed by atoms with Gasteiger partial charge >= 0.3 is 0 Å². The van der Waals surface area contributed by atoms with Crippen LogP contribution in [0.1, 0.15) is 24.5 Å². The minimum absolute atomic E-state index is 0.139. The van der Waals surface area contributed by atoms with Crippen LogP contribution in [0.2, 0.25) is 0 Å². The molecule has 1 aromatic rings. The van der Waals surface area contributed by atoms with Crippen molar-refractivity contribution in [1.29, 1.82) is 0 Å². The molecule has 0 spiro atoms. The Kier molecular flexibility index (Phi) is 6.99. The fraction of sp³-hybridized carbons (Fsp3) is 0.562. The van der Waals surface area contributed by atoms with Gasteiger partial charge in [-0.2, -0.15) is 11.8 Å². The first kappa shape index (κ1) is 17.1. The third-order valence-corrected chi connectivity index (χ3v) is 4.92. The number of halogens is 1. The van der Waals surface area contributed by atoms with E-state index in [1.165, 1.54) is 30.7 Å². The van der Waals surface area contributed by atoms with Crippen LogP contribution in [0.4, 0.5) is 4.39 Å². The Balaban J connectivity index is 1.86. The number of nitrogens with zero attached hydrogens (tertiary/aromatic N) is 1. The molecule has 2 unspecified atom stereocenters. The van der Waals surface area contributed by atoms with Gasteiger partial charge in [0.15, 0.2) is 5.96 Å². The van der Waals surface area contributed by atoms with Crippen molar-refractivity contribution in [2.45, 2.75) is 25.0 Å². The molecule has 1 saturated heterocycles. The summed E-state index contributed by atoms with van der Waals surface area (Å²) >= 11 is 1.98. The number of rotatable bonds is 5. The fourth-order valence-corrected chi connectivity index (χ4v) is 3.52. The molecular weight excluding hydrogens is 301 g/mol. The Bertz CT molecular complexity index is 475. The van der Waals surface area contributed by atoms with Gasteiger partial charge in [-0.15, -0.1) is 0 Å². The summed E-state index contributed by atoms with van der Waals surface area (Å²) in [4.78, 5) is 4.27. The molecule has 2 rings (SSSR count). The number of guanidine groups is 1. The lowest BCUT2D eigenvalue weighted by atomic mass is 10.1. The lowest BCUT2D eigenvalue weighted by molar-refractivity contribution is 0.106. The predicted molar refractivity (Wildman–Crippen MR) is 91.0 cm³/mol. The van der Waals surface area contributed by atoms with Gasteiger partial charge in [0, 0.05) is 32.5 Å². The summed E-state index contributed by atoms with van der Waals surface area (Å²) in [6.07, 6.45) is 2.29. The number of thioether (sulfide) groups is 1. The Morgan fingerprint density at radius 2 is 2.23 bits per heavy atom. The maximum Gasteiger partial charge on any atom is 0.191 e. The van der Waals surface area contributed by atoms with Gasteiger partial charge in [0.1, 0.15) is 5.82 Å². The summed E-state index contributed by atoms with van der Waals surface area (Å²) in [6, 6.07) is 6.87. The number of ether oxygens (including phenoxy) is 1. The van der Waals surface area contributed by atoms with Gasteiger partial charge in [-0.25, -0.2) is 4.39 Å². The Morgan fingerprint density at radius 1 is 1.45 bits per heavy atom. The Morgan fingerprint density at radius 3 is 2.82 bits per heavy atom. The van der Waals surface area contributed by atoms with Crippen molar-refractivity contribution in [2.24, 2.45) is 4.99 Å². The maximum absolute atomic E-state index is 13.0. The van der Waals surface area contributed by atoms with E-state index in [0.717, 1.165) is 17.3 Å². The molecule has 1 fully saturated rings. The van der Waals surface area contributed by atoms with Crippen LogP contribution in [0.5, 0.6) is 0 Å². The second kappa shape index (κ2) is 9.00. The molecule has 0 saturated carbocycles. The lowest BCUT2D eigenvalue weighted by Crippen LogP contribution is -2.46. The average molecular weight is 325 g/mol. The third-order valence-electron chi connectivity index (χ3n) is 3.71. The molecule has 4 nitrogen and oxygen atoms in total. The zero-order valence-electron chi connectivity index (χ0n) is 13.1. The molecule has 0 aromatic heterocycles. The number of nitrogens with one attached hydrogen (secondary N) is 2. The summed E-state index contributed by atoms with van der Waals surface area (Å²) in [5, 5.41) is 6.74. The second-order valence-electron chi connectivity index (χ2n) is 5.29. The van der Waals surface area contributed by atoms with Crippen molar-refractivity contribution in [3.8, 4) is 0 Å². The van der Waals surface area contributed by atoms with Crippen LogP contribution in [0.3, 0.4) is 0 Å². The van der Waals surface area contributed by atoms with Gasteiger partial charge in [-0.1, -0.05) is 12.1 Å². The standard InChI is InChI=1S/C16H24FN3OS/c1-18-16(20-14-4-3-9-22-11-14)19-10-15(21-2)12-5-7-13(17)8-6-12/h5-8,14-15H,3-4,9-11H2,1-2H3,(H2,18,19,20). The van der Waals surface area contributed by atoms with Crippen LogP contribution < -0.4 is 10.6 Å². The van der Waals surface area contributed by atoms with E-state index < -0.39 is 0 Å². The van der Waals surface area contributed by atoms with Crippen LogP contribution in [0.25, 0.3) is 0 Å².